The fraction of sp³-hybridized carbons (Fsp3) is 0.500. The number of hydrogen-bond acceptors (Lipinski definition) is 6. The van der Waals surface area contributed by atoms with Crippen LogP contribution in [0, 0.1) is 11.8 Å². The summed E-state index contributed by atoms with van der Waals surface area (Å²) in [7, 11) is 0. The van der Waals surface area contributed by atoms with Gasteiger partial charge in [-0.15, -0.1) is 0 Å². The third-order valence-electron chi connectivity index (χ3n) is 5.43. The van der Waals surface area contributed by atoms with Gasteiger partial charge < -0.3 is 25.2 Å². The average Bonchev–Trinajstić information content (AvgIpc) is 2.91. The van der Waals surface area contributed by atoms with Crippen LogP contribution in [0.3, 0.4) is 0 Å². The predicted molar refractivity (Wildman–Crippen MR) is 97.6 cm³/mol. The van der Waals surface area contributed by atoms with Crippen LogP contribution in [0.25, 0.3) is 0 Å². The molecule has 0 spiro atoms. The van der Waals surface area contributed by atoms with Crippen LogP contribution in [0.5, 0.6) is 0 Å². The Morgan fingerprint density at radius 1 is 1.41 bits per heavy atom. The van der Waals surface area contributed by atoms with E-state index in [4.69, 9.17) is 4.74 Å². The molecule has 4 N–H and O–H groups in total. The monoisotopic (exact) mass is 378 g/mol. The lowest BCUT2D eigenvalue weighted by Crippen LogP contribution is -2.50. The van der Waals surface area contributed by atoms with E-state index in [2.05, 4.69) is 13.2 Å². The molecule has 4 atom stereocenters. The third kappa shape index (κ3) is 4.05. The van der Waals surface area contributed by atoms with Gasteiger partial charge in [-0.25, -0.2) is 9.59 Å². The fourth-order valence-electron chi connectivity index (χ4n) is 3.81. The Balaban J connectivity index is 2.63. The van der Waals surface area contributed by atoms with Crippen molar-refractivity contribution < 1.29 is 34.8 Å². The maximum absolute atomic E-state index is 12.2. The van der Waals surface area contributed by atoms with Crippen molar-refractivity contribution in [2.24, 2.45) is 11.8 Å². The molecule has 148 valence electrons. The Morgan fingerprint density at radius 3 is 2.63 bits per heavy atom. The van der Waals surface area contributed by atoms with Crippen molar-refractivity contribution in [3.05, 3.63) is 47.6 Å². The summed E-state index contributed by atoms with van der Waals surface area (Å²) in [5, 5.41) is 40.0. The Morgan fingerprint density at radius 2 is 2.07 bits per heavy atom. The lowest BCUT2D eigenvalue weighted by Gasteiger charge is -2.40. The van der Waals surface area contributed by atoms with Gasteiger partial charge in [0, 0.05) is 17.4 Å². The van der Waals surface area contributed by atoms with E-state index in [0.717, 1.165) is 5.57 Å². The van der Waals surface area contributed by atoms with E-state index in [1.165, 1.54) is 0 Å². The van der Waals surface area contributed by atoms with Crippen LogP contribution < -0.4 is 0 Å². The fourth-order valence-corrected chi connectivity index (χ4v) is 3.81. The molecule has 1 aliphatic heterocycles. The van der Waals surface area contributed by atoms with Crippen LogP contribution >= 0.6 is 0 Å². The van der Waals surface area contributed by atoms with Gasteiger partial charge in [0.05, 0.1) is 18.8 Å². The molecule has 2 rings (SSSR count). The van der Waals surface area contributed by atoms with Gasteiger partial charge in [0.15, 0.2) is 0 Å². The summed E-state index contributed by atoms with van der Waals surface area (Å²) >= 11 is 0. The summed E-state index contributed by atoms with van der Waals surface area (Å²) in [6.45, 7) is 7.95. The topological polar surface area (TPSA) is 124 Å². The summed E-state index contributed by atoms with van der Waals surface area (Å²) in [5.74, 6) is -3.76. The van der Waals surface area contributed by atoms with Crippen LogP contribution in [-0.4, -0.2) is 57.3 Å². The Bertz CT molecular complexity index is 718. The highest BCUT2D eigenvalue weighted by Gasteiger charge is 2.52. The molecule has 0 aromatic heterocycles. The molecular formula is C20H26O7. The molecule has 27 heavy (non-hydrogen) atoms. The normalized spacial score (nSPS) is 32.2. The van der Waals surface area contributed by atoms with E-state index < -0.39 is 47.7 Å². The number of carbonyl (C=O) groups is 2. The first kappa shape index (κ1) is 21.1. The summed E-state index contributed by atoms with van der Waals surface area (Å²) in [6, 6.07) is 0. The maximum Gasteiger partial charge on any atom is 0.334 e. The average molecular weight is 378 g/mol. The number of ether oxygens (including phenoxy) is 1. The minimum atomic E-state index is -2.17. The summed E-state index contributed by atoms with van der Waals surface area (Å²) < 4.78 is 5.37. The van der Waals surface area contributed by atoms with Crippen LogP contribution in [0.1, 0.15) is 26.2 Å². The van der Waals surface area contributed by atoms with Crippen molar-refractivity contribution in [2.75, 3.05) is 13.2 Å². The van der Waals surface area contributed by atoms with Crippen LogP contribution in [0.2, 0.25) is 0 Å². The van der Waals surface area contributed by atoms with Crippen molar-refractivity contribution in [3.63, 3.8) is 0 Å². The molecule has 7 nitrogen and oxygen atoms in total. The molecule has 0 radical (unpaired) electrons. The molecule has 1 aliphatic carbocycles. The highest BCUT2D eigenvalue weighted by atomic mass is 16.6. The molecule has 0 amide bonds. The van der Waals surface area contributed by atoms with Gasteiger partial charge in [-0.1, -0.05) is 24.8 Å². The number of carbonyl (C=O) groups excluding carboxylic acids is 1. The molecule has 7 heteroatoms. The first-order chi connectivity index (χ1) is 12.7. The zero-order valence-corrected chi connectivity index (χ0v) is 15.4. The highest BCUT2D eigenvalue weighted by molar-refractivity contribution is 5.92. The van der Waals surface area contributed by atoms with Crippen molar-refractivity contribution in [1.29, 1.82) is 0 Å². The lowest BCUT2D eigenvalue weighted by molar-refractivity contribution is -0.141. The predicted octanol–water partition coefficient (Wildman–Crippen LogP) is 1.11. The van der Waals surface area contributed by atoms with E-state index >= 15 is 0 Å². The number of hydrogen-bond donors (Lipinski definition) is 4. The number of aliphatic carboxylic acids is 1. The van der Waals surface area contributed by atoms with Gasteiger partial charge in [-0.2, -0.15) is 0 Å². The van der Waals surface area contributed by atoms with Crippen LogP contribution in [-0.2, 0) is 14.3 Å². The highest BCUT2D eigenvalue weighted by Crippen LogP contribution is 2.45. The molecule has 0 aromatic rings. The van der Waals surface area contributed by atoms with E-state index in [9.17, 15) is 30.0 Å². The minimum absolute atomic E-state index is 0.0944. The van der Waals surface area contributed by atoms with Crippen LogP contribution in [0.15, 0.2) is 47.6 Å². The second-order valence-electron chi connectivity index (χ2n) is 7.17. The molecule has 0 aromatic carbocycles. The Kier molecular flexibility index (Phi) is 6.41. The van der Waals surface area contributed by atoms with Gasteiger partial charge in [-0.05, 0) is 37.8 Å². The molecule has 1 heterocycles. The standard InChI is InChI=1S/C20H26O7/c1-11-5-4-6-14(9-21)8-16-17(12(2)19(25)27-16)15(7-11)20(26,10-22)13(3)18(23)24/h5,8,15-17,21-22,26H,2-4,6-7,9-10H2,1H3,(H,23,24)/b11-5-,14-8+/t15-,16+,17-,20-/m0/s1. The minimum Gasteiger partial charge on any atom is -0.478 e. The number of fused-ring (bicyclic) bond motifs is 1. The quantitative estimate of drug-likeness (QED) is 0.321. The molecule has 2 aliphatic rings. The van der Waals surface area contributed by atoms with Crippen molar-refractivity contribution in [1.82, 2.24) is 0 Å². The number of aliphatic hydroxyl groups excluding tert-OH is 2. The van der Waals surface area contributed by atoms with Crippen LogP contribution in [0.4, 0.5) is 0 Å². The molecular weight excluding hydrogens is 352 g/mol. The second-order valence-corrected chi connectivity index (χ2v) is 7.17. The Hall–Kier alpha value is -2.22. The number of aliphatic hydroxyl groups is 3. The van der Waals surface area contributed by atoms with Gasteiger partial charge in [-0.3, -0.25) is 0 Å². The molecule has 0 saturated carbocycles. The third-order valence-corrected chi connectivity index (χ3v) is 5.43. The van der Waals surface area contributed by atoms with E-state index in [0.29, 0.717) is 18.4 Å². The van der Waals surface area contributed by atoms with E-state index in [1.807, 2.05) is 13.0 Å². The summed E-state index contributed by atoms with van der Waals surface area (Å²) in [4.78, 5) is 23.7. The smallest absolute Gasteiger partial charge is 0.334 e. The largest absolute Gasteiger partial charge is 0.478 e. The first-order valence-corrected chi connectivity index (χ1v) is 8.77. The number of carboxylic acids is 1. The van der Waals surface area contributed by atoms with Gasteiger partial charge >= 0.3 is 11.9 Å². The molecule has 1 fully saturated rings. The zero-order valence-electron chi connectivity index (χ0n) is 15.4. The second kappa shape index (κ2) is 8.21. The summed E-state index contributed by atoms with van der Waals surface area (Å²) in [6.07, 6.45) is 4.18. The van der Waals surface area contributed by atoms with E-state index in [-0.39, 0.29) is 18.6 Å². The molecule has 0 bridgehead atoms. The van der Waals surface area contributed by atoms with Crippen molar-refractivity contribution in [2.45, 2.75) is 37.9 Å². The van der Waals surface area contributed by atoms with Crippen molar-refractivity contribution >= 4 is 11.9 Å². The van der Waals surface area contributed by atoms with Gasteiger partial charge in [0.25, 0.3) is 0 Å². The van der Waals surface area contributed by atoms with Gasteiger partial charge in [0.1, 0.15) is 11.7 Å². The first-order valence-electron chi connectivity index (χ1n) is 8.77. The number of allylic oxidation sites excluding steroid dienone is 2. The number of esters is 1. The Labute approximate surface area is 158 Å². The SMILES string of the molecule is C=C1C(=O)O[C@@H]2/C=C(/CO)CC/C=C(/C)C[C@H]([C@](O)(CO)C(=C)C(=O)O)[C@H]12. The lowest BCUT2D eigenvalue weighted by atomic mass is 9.68. The molecule has 0 unspecified atom stereocenters. The summed E-state index contributed by atoms with van der Waals surface area (Å²) in [5.41, 5.74) is -1.11. The van der Waals surface area contributed by atoms with E-state index in [1.54, 1.807) is 6.08 Å². The zero-order chi connectivity index (χ0) is 20.4. The van der Waals surface area contributed by atoms with Crippen molar-refractivity contribution in [3.8, 4) is 0 Å². The molecule has 1 saturated heterocycles. The number of carboxylic acid groups (broad SMARTS) is 1. The number of rotatable bonds is 5. The maximum atomic E-state index is 12.2. The van der Waals surface area contributed by atoms with Gasteiger partial charge in [0.2, 0.25) is 0 Å².